The van der Waals surface area contributed by atoms with Gasteiger partial charge in [0.25, 0.3) is 5.69 Å². The highest BCUT2D eigenvalue weighted by Gasteiger charge is 2.37. The van der Waals surface area contributed by atoms with Gasteiger partial charge in [0.1, 0.15) is 5.69 Å². The molecular weight excluding hydrogens is 393 g/mol. The standard InChI is InChI=1S/C15H16ClF3N4O2S/c1-9-8-20-14(26-9)22-4-2-21(3-5-22)12-7-11(16)10(15(17,18)19)6-13(12)23(24)25/h6-7,9H,2-5,8H2,1H3. The molecule has 6 nitrogen and oxygen atoms in total. The van der Waals surface area contributed by atoms with E-state index in [9.17, 15) is 23.3 Å². The van der Waals surface area contributed by atoms with Gasteiger partial charge < -0.3 is 9.80 Å². The van der Waals surface area contributed by atoms with E-state index in [1.807, 2.05) is 0 Å². The van der Waals surface area contributed by atoms with Gasteiger partial charge >= 0.3 is 6.18 Å². The minimum atomic E-state index is -4.74. The van der Waals surface area contributed by atoms with Crippen LogP contribution in [-0.4, -0.2) is 53.0 Å². The number of nitro groups is 1. The predicted octanol–water partition coefficient (Wildman–Crippen LogP) is 3.88. The Kier molecular flexibility index (Phi) is 5.25. The normalized spacial score (nSPS) is 21.1. The molecule has 11 heteroatoms. The highest BCUT2D eigenvalue weighted by Crippen LogP contribution is 2.41. The molecule has 3 rings (SSSR count). The van der Waals surface area contributed by atoms with Gasteiger partial charge in [-0.3, -0.25) is 15.1 Å². The zero-order valence-corrected chi connectivity index (χ0v) is 15.4. The molecule has 142 valence electrons. The quantitative estimate of drug-likeness (QED) is 0.549. The van der Waals surface area contributed by atoms with Crippen molar-refractivity contribution in [2.45, 2.75) is 18.3 Å². The van der Waals surface area contributed by atoms with E-state index in [0.717, 1.165) is 17.8 Å². The number of halogens is 4. The molecule has 0 bridgehead atoms. The Balaban J connectivity index is 1.81. The van der Waals surface area contributed by atoms with Crippen molar-refractivity contribution in [2.75, 3.05) is 37.6 Å². The monoisotopic (exact) mass is 408 g/mol. The molecule has 1 fully saturated rings. The van der Waals surface area contributed by atoms with Gasteiger partial charge in [0.15, 0.2) is 5.17 Å². The SMILES string of the molecule is CC1CN=C(N2CCN(c3cc(Cl)c(C(F)(F)F)cc3[N+](=O)[O-])CC2)S1. The lowest BCUT2D eigenvalue weighted by Gasteiger charge is -2.36. The third kappa shape index (κ3) is 3.85. The molecule has 1 saturated heterocycles. The van der Waals surface area contributed by atoms with Gasteiger partial charge in [-0.2, -0.15) is 13.2 Å². The molecule has 0 amide bonds. The Hall–Kier alpha value is -1.68. The number of alkyl halides is 3. The largest absolute Gasteiger partial charge is 0.418 e. The Labute approximate surface area is 157 Å². The maximum absolute atomic E-state index is 13.0. The van der Waals surface area contributed by atoms with Crippen LogP contribution in [0.1, 0.15) is 12.5 Å². The molecule has 2 heterocycles. The number of piperazine rings is 1. The molecule has 1 unspecified atom stereocenters. The average molecular weight is 409 g/mol. The van der Waals surface area contributed by atoms with Gasteiger partial charge in [-0.25, -0.2) is 0 Å². The van der Waals surface area contributed by atoms with Crippen LogP contribution < -0.4 is 4.90 Å². The number of amidine groups is 1. The van der Waals surface area contributed by atoms with Crippen LogP contribution in [-0.2, 0) is 6.18 Å². The van der Waals surface area contributed by atoms with Crippen molar-refractivity contribution in [2.24, 2.45) is 4.99 Å². The highest BCUT2D eigenvalue weighted by atomic mass is 35.5. The fraction of sp³-hybridized carbons (Fsp3) is 0.533. The van der Waals surface area contributed by atoms with Crippen LogP contribution in [0.2, 0.25) is 5.02 Å². The maximum Gasteiger partial charge on any atom is 0.418 e. The molecule has 2 aliphatic heterocycles. The fourth-order valence-electron chi connectivity index (χ4n) is 2.94. The van der Waals surface area contributed by atoms with E-state index in [1.54, 1.807) is 16.7 Å². The van der Waals surface area contributed by atoms with Gasteiger partial charge in [0.05, 0.1) is 22.1 Å². The van der Waals surface area contributed by atoms with Crippen molar-refractivity contribution >= 4 is 39.9 Å². The van der Waals surface area contributed by atoms with Crippen molar-refractivity contribution in [3.8, 4) is 0 Å². The number of hydrogen-bond acceptors (Lipinski definition) is 6. The van der Waals surface area contributed by atoms with E-state index < -0.39 is 27.4 Å². The molecular formula is C15H16ClF3N4O2S. The number of rotatable bonds is 2. The Morgan fingerprint density at radius 2 is 1.88 bits per heavy atom. The number of anilines is 1. The molecule has 0 saturated carbocycles. The summed E-state index contributed by atoms with van der Waals surface area (Å²) in [4.78, 5) is 18.8. The number of nitrogens with zero attached hydrogens (tertiary/aromatic N) is 4. The van der Waals surface area contributed by atoms with Gasteiger partial charge in [0.2, 0.25) is 0 Å². The van der Waals surface area contributed by atoms with Crippen LogP contribution in [0, 0.1) is 10.1 Å². The summed E-state index contributed by atoms with van der Waals surface area (Å²) in [6.07, 6.45) is -4.74. The van der Waals surface area contributed by atoms with Gasteiger partial charge in [0, 0.05) is 37.5 Å². The molecule has 1 aromatic rings. The second-order valence-corrected chi connectivity index (χ2v) is 7.91. The van der Waals surface area contributed by atoms with Crippen LogP contribution in [0.4, 0.5) is 24.5 Å². The number of benzene rings is 1. The summed E-state index contributed by atoms with van der Waals surface area (Å²) in [5.41, 5.74) is -1.67. The Morgan fingerprint density at radius 1 is 1.27 bits per heavy atom. The average Bonchev–Trinajstić information content (AvgIpc) is 3.00. The molecule has 0 radical (unpaired) electrons. The van der Waals surface area contributed by atoms with Crippen LogP contribution in [0.15, 0.2) is 17.1 Å². The lowest BCUT2D eigenvalue weighted by molar-refractivity contribution is -0.384. The van der Waals surface area contributed by atoms with Crippen LogP contribution in [0.25, 0.3) is 0 Å². The van der Waals surface area contributed by atoms with Crippen molar-refractivity contribution in [1.29, 1.82) is 0 Å². The first kappa shape index (κ1) is 19.1. The molecule has 0 aromatic heterocycles. The van der Waals surface area contributed by atoms with E-state index >= 15 is 0 Å². The predicted molar refractivity (Wildman–Crippen MR) is 96.2 cm³/mol. The first-order valence-corrected chi connectivity index (χ1v) is 9.18. The summed E-state index contributed by atoms with van der Waals surface area (Å²) in [7, 11) is 0. The molecule has 26 heavy (non-hydrogen) atoms. The smallest absolute Gasteiger partial charge is 0.362 e. The number of nitro benzene ring substituents is 1. The third-order valence-electron chi connectivity index (χ3n) is 4.25. The van der Waals surface area contributed by atoms with Gasteiger partial charge in [-0.05, 0) is 6.07 Å². The minimum Gasteiger partial charge on any atom is -0.362 e. The van der Waals surface area contributed by atoms with Crippen LogP contribution in [0.5, 0.6) is 0 Å². The maximum atomic E-state index is 13.0. The van der Waals surface area contributed by atoms with E-state index in [0.29, 0.717) is 37.5 Å². The number of thioether (sulfide) groups is 1. The number of aliphatic imine (C=N–C) groups is 1. The molecule has 0 aliphatic carbocycles. The second kappa shape index (κ2) is 7.15. The number of hydrogen-bond donors (Lipinski definition) is 0. The first-order valence-electron chi connectivity index (χ1n) is 7.93. The summed E-state index contributed by atoms with van der Waals surface area (Å²) in [5.74, 6) is 0. The Morgan fingerprint density at radius 3 is 2.38 bits per heavy atom. The van der Waals surface area contributed by atoms with Crippen molar-refractivity contribution in [3.63, 3.8) is 0 Å². The summed E-state index contributed by atoms with van der Waals surface area (Å²) in [5, 5.41) is 12.1. The van der Waals surface area contributed by atoms with Crippen molar-refractivity contribution in [3.05, 3.63) is 32.8 Å². The fourth-order valence-corrected chi connectivity index (χ4v) is 4.20. The minimum absolute atomic E-state index is 0.113. The molecule has 0 spiro atoms. The van der Waals surface area contributed by atoms with E-state index in [2.05, 4.69) is 16.8 Å². The van der Waals surface area contributed by atoms with Crippen LogP contribution >= 0.6 is 23.4 Å². The van der Waals surface area contributed by atoms with E-state index in [1.165, 1.54) is 0 Å². The van der Waals surface area contributed by atoms with Crippen molar-refractivity contribution in [1.82, 2.24) is 4.90 Å². The summed E-state index contributed by atoms with van der Waals surface area (Å²) in [6, 6.07) is 1.56. The topological polar surface area (TPSA) is 62.0 Å². The molecule has 0 N–H and O–H groups in total. The van der Waals surface area contributed by atoms with Crippen molar-refractivity contribution < 1.29 is 18.1 Å². The van der Waals surface area contributed by atoms with Gasteiger partial charge in [-0.15, -0.1) is 0 Å². The summed E-state index contributed by atoms with van der Waals surface area (Å²) >= 11 is 7.44. The van der Waals surface area contributed by atoms with Crippen LogP contribution in [0.3, 0.4) is 0 Å². The molecule has 1 atom stereocenters. The van der Waals surface area contributed by atoms with E-state index in [-0.39, 0.29) is 5.69 Å². The first-order chi connectivity index (χ1) is 12.2. The van der Waals surface area contributed by atoms with E-state index in [4.69, 9.17) is 11.6 Å². The second-order valence-electron chi connectivity index (χ2n) is 6.10. The summed E-state index contributed by atoms with van der Waals surface area (Å²) < 4.78 is 38.9. The lowest BCUT2D eigenvalue weighted by atomic mass is 10.1. The summed E-state index contributed by atoms with van der Waals surface area (Å²) in [6.45, 7) is 4.92. The highest BCUT2D eigenvalue weighted by molar-refractivity contribution is 8.14. The Bertz CT molecular complexity index is 751. The molecule has 1 aromatic carbocycles. The molecule has 2 aliphatic rings. The zero-order valence-electron chi connectivity index (χ0n) is 13.8. The zero-order chi connectivity index (χ0) is 19.1. The van der Waals surface area contributed by atoms with Gasteiger partial charge in [-0.1, -0.05) is 30.3 Å². The lowest BCUT2D eigenvalue weighted by Crippen LogP contribution is -2.48. The third-order valence-corrected chi connectivity index (χ3v) is 5.71.